The van der Waals surface area contributed by atoms with Crippen LogP contribution in [0.4, 0.5) is 16.2 Å². The van der Waals surface area contributed by atoms with E-state index >= 15 is 0 Å². The van der Waals surface area contributed by atoms with Crippen LogP contribution in [0.3, 0.4) is 0 Å². The first-order valence-corrected chi connectivity index (χ1v) is 16.9. The third kappa shape index (κ3) is 7.80. The number of carbonyl (C=O) groups excluding carboxylic acids is 4. The lowest BCUT2D eigenvalue weighted by Gasteiger charge is -2.35. The van der Waals surface area contributed by atoms with Crippen molar-refractivity contribution in [1.29, 1.82) is 0 Å². The Kier molecular flexibility index (Phi) is 11.4. The topological polar surface area (TPSA) is 106 Å². The van der Waals surface area contributed by atoms with Crippen LogP contribution >= 0.6 is 0 Å². The van der Waals surface area contributed by atoms with Crippen LogP contribution in [0.5, 0.6) is 0 Å². The van der Waals surface area contributed by atoms with E-state index in [1.807, 2.05) is 30.0 Å². The largest absolute Gasteiger partial charge is 0.448 e. The number of benzene rings is 1. The molecule has 0 radical (unpaired) electrons. The molecule has 0 bridgehead atoms. The molecule has 4 fully saturated rings. The Morgan fingerprint density at radius 2 is 1.82 bits per heavy atom. The van der Waals surface area contributed by atoms with Crippen LogP contribution in [0.2, 0.25) is 0 Å². The number of amides is 3. The summed E-state index contributed by atoms with van der Waals surface area (Å²) in [5.41, 5.74) is 2.76. The van der Waals surface area contributed by atoms with Crippen molar-refractivity contribution >= 4 is 36.1 Å². The van der Waals surface area contributed by atoms with Gasteiger partial charge in [0.1, 0.15) is 18.9 Å². The van der Waals surface area contributed by atoms with Crippen molar-refractivity contribution in [3.8, 4) is 0 Å². The van der Waals surface area contributed by atoms with Crippen LogP contribution < -0.4 is 15.1 Å². The summed E-state index contributed by atoms with van der Waals surface area (Å²) >= 11 is 0. The normalized spacial score (nSPS) is 24.7. The molecule has 11 nitrogen and oxygen atoms in total. The van der Waals surface area contributed by atoms with Crippen molar-refractivity contribution in [3.63, 3.8) is 0 Å². The number of piperidine rings is 1. The molecule has 0 saturated carbocycles. The quantitative estimate of drug-likeness (QED) is 0.334. The highest BCUT2D eigenvalue weighted by Crippen LogP contribution is 2.37. The van der Waals surface area contributed by atoms with E-state index in [9.17, 15) is 19.2 Å². The van der Waals surface area contributed by atoms with Crippen LogP contribution in [0.1, 0.15) is 69.3 Å². The molecule has 3 amide bonds. The summed E-state index contributed by atoms with van der Waals surface area (Å²) < 4.78 is 5.80. The zero-order valence-corrected chi connectivity index (χ0v) is 27.4. The fourth-order valence-electron chi connectivity index (χ4n) is 8.06. The molecule has 1 aromatic carbocycles. The summed E-state index contributed by atoms with van der Waals surface area (Å²) in [6, 6.07) is 6.51. The van der Waals surface area contributed by atoms with E-state index in [1.54, 1.807) is 0 Å². The highest BCUT2D eigenvalue weighted by Gasteiger charge is 2.38. The first-order chi connectivity index (χ1) is 21.8. The van der Waals surface area contributed by atoms with Crippen molar-refractivity contribution in [2.24, 2.45) is 5.92 Å². The number of nitrogens with zero attached hydrogens (tertiary/aromatic N) is 5. The summed E-state index contributed by atoms with van der Waals surface area (Å²) in [6.07, 6.45) is 9.85. The van der Waals surface area contributed by atoms with Gasteiger partial charge in [-0.3, -0.25) is 14.5 Å². The minimum absolute atomic E-state index is 0.141. The summed E-state index contributed by atoms with van der Waals surface area (Å²) in [4.78, 5) is 59.2. The number of ether oxygens (including phenoxy) is 1. The molecule has 4 aliphatic heterocycles. The lowest BCUT2D eigenvalue weighted by atomic mass is 9.88. The summed E-state index contributed by atoms with van der Waals surface area (Å²) in [5.74, 6) is 0.589. The van der Waals surface area contributed by atoms with E-state index in [0.29, 0.717) is 42.6 Å². The van der Waals surface area contributed by atoms with Crippen molar-refractivity contribution in [2.45, 2.75) is 81.8 Å². The molecule has 0 spiro atoms. The molecule has 0 aromatic heterocycles. The minimum Gasteiger partial charge on any atom is -0.448 e. The van der Waals surface area contributed by atoms with Gasteiger partial charge in [-0.05, 0) is 101 Å². The zero-order chi connectivity index (χ0) is 31.9. The molecule has 1 N–H and O–H groups in total. The Morgan fingerprint density at radius 1 is 1.02 bits per heavy atom. The van der Waals surface area contributed by atoms with Crippen LogP contribution in [-0.4, -0.2) is 125 Å². The maximum absolute atomic E-state index is 12.8. The van der Waals surface area contributed by atoms with Crippen molar-refractivity contribution in [1.82, 2.24) is 20.0 Å². The summed E-state index contributed by atoms with van der Waals surface area (Å²) in [6.45, 7) is 6.27. The molecule has 4 heterocycles. The number of carbonyl (C=O) groups is 4. The summed E-state index contributed by atoms with van der Waals surface area (Å²) in [7, 11) is 5.41. The Morgan fingerprint density at radius 3 is 2.53 bits per heavy atom. The van der Waals surface area contributed by atoms with Gasteiger partial charge in [-0.15, -0.1) is 0 Å². The van der Waals surface area contributed by atoms with Gasteiger partial charge >= 0.3 is 6.09 Å². The van der Waals surface area contributed by atoms with Gasteiger partial charge in [0.15, 0.2) is 0 Å². The molecule has 248 valence electrons. The average molecular weight is 625 g/mol. The third-order valence-electron chi connectivity index (χ3n) is 10.6. The maximum atomic E-state index is 12.8. The molecule has 4 aliphatic rings. The monoisotopic (exact) mass is 624 g/mol. The number of hydrogen-bond acceptors (Lipinski definition) is 8. The number of rotatable bonds is 13. The molecule has 1 aromatic rings. The Bertz CT molecular complexity index is 1190. The molecule has 11 heteroatoms. The van der Waals surface area contributed by atoms with E-state index in [1.165, 1.54) is 36.8 Å². The summed E-state index contributed by atoms with van der Waals surface area (Å²) in [5, 5.41) is 2.63. The van der Waals surface area contributed by atoms with Crippen molar-refractivity contribution < 1.29 is 23.9 Å². The highest BCUT2D eigenvalue weighted by atomic mass is 16.6. The molecule has 0 aliphatic carbocycles. The highest BCUT2D eigenvalue weighted by molar-refractivity contribution is 5.95. The molecule has 4 atom stereocenters. The van der Waals surface area contributed by atoms with Gasteiger partial charge < -0.3 is 34.4 Å². The molecule has 4 unspecified atom stereocenters. The van der Waals surface area contributed by atoms with E-state index in [2.05, 4.69) is 27.2 Å². The van der Waals surface area contributed by atoms with Gasteiger partial charge in [-0.1, -0.05) is 6.07 Å². The van der Waals surface area contributed by atoms with E-state index in [-0.39, 0.29) is 24.8 Å². The van der Waals surface area contributed by atoms with E-state index < -0.39 is 6.04 Å². The van der Waals surface area contributed by atoms with Gasteiger partial charge in [-0.2, -0.15) is 0 Å². The zero-order valence-electron chi connectivity index (χ0n) is 27.4. The molecule has 45 heavy (non-hydrogen) atoms. The van der Waals surface area contributed by atoms with Gasteiger partial charge in [0, 0.05) is 59.3 Å². The third-order valence-corrected chi connectivity index (χ3v) is 10.6. The van der Waals surface area contributed by atoms with E-state index in [4.69, 9.17) is 4.74 Å². The average Bonchev–Trinajstić information content (AvgIpc) is 3.81. The number of likely N-dealkylation sites (tertiary alicyclic amines) is 2. The standard InChI is InChI=1S/C34H52N6O5/c1-35-33(43)31(7-5-19-41)40(24-42)30-11-8-27(20-32(30)36(2)3)26-13-16-37(17-14-26)21-25-12-18-38(22-25)34(44)45-23-29-10-9-28-6-4-15-39(28)29/h8,11,19-20,24-26,28-29,31H,4-7,9-10,12-18,21-23H2,1-3H3,(H,35,43). The molecular weight excluding hydrogens is 572 g/mol. The smallest absolute Gasteiger partial charge is 0.409 e. The lowest BCUT2D eigenvalue weighted by molar-refractivity contribution is -0.123. The number of hydrogen-bond donors (Lipinski definition) is 1. The van der Waals surface area contributed by atoms with Crippen LogP contribution in [0.15, 0.2) is 18.2 Å². The number of anilines is 2. The van der Waals surface area contributed by atoms with Crippen molar-refractivity contribution in [3.05, 3.63) is 23.8 Å². The predicted molar refractivity (Wildman–Crippen MR) is 175 cm³/mol. The van der Waals surface area contributed by atoms with Crippen LogP contribution in [0.25, 0.3) is 0 Å². The number of likely N-dealkylation sites (N-methyl/N-ethyl adjacent to an activating group) is 1. The number of aldehydes is 1. The second-order valence-corrected chi connectivity index (χ2v) is 13.5. The Balaban J connectivity index is 1.12. The molecular formula is C34H52N6O5. The van der Waals surface area contributed by atoms with Crippen LogP contribution in [-0.2, 0) is 19.1 Å². The number of nitrogens with one attached hydrogen (secondary N) is 1. The molecule has 4 saturated heterocycles. The number of fused-ring (bicyclic) bond motifs is 1. The first-order valence-electron chi connectivity index (χ1n) is 16.9. The lowest BCUT2D eigenvalue weighted by Crippen LogP contribution is -2.46. The fraction of sp³-hybridized carbons (Fsp3) is 0.706. The maximum Gasteiger partial charge on any atom is 0.409 e. The Hall–Kier alpha value is -3.18. The molecule has 5 rings (SSSR count). The minimum atomic E-state index is -0.760. The first kappa shape index (κ1) is 33.2. The van der Waals surface area contributed by atoms with Gasteiger partial charge in [0.2, 0.25) is 12.3 Å². The van der Waals surface area contributed by atoms with Gasteiger partial charge in [-0.25, -0.2) is 4.79 Å². The SMILES string of the molecule is CNC(=O)C(CCC=O)N(C=O)c1ccc(C2CCN(CC3CCN(C(=O)OCC4CCC5CCCN54)C3)CC2)cc1N(C)C. The second kappa shape index (κ2) is 15.4. The second-order valence-electron chi connectivity index (χ2n) is 13.5. The van der Waals surface area contributed by atoms with Crippen LogP contribution in [0, 0.1) is 5.92 Å². The van der Waals surface area contributed by atoms with Gasteiger partial charge in [0.25, 0.3) is 0 Å². The predicted octanol–water partition coefficient (Wildman–Crippen LogP) is 3.07. The van der Waals surface area contributed by atoms with Gasteiger partial charge in [0.05, 0.1) is 11.4 Å². The van der Waals surface area contributed by atoms with E-state index in [0.717, 1.165) is 76.9 Å². The Labute approximate surface area is 268 Å². The fourth-order valence-corrected chi connectivity index (χ4v) is 8.06. The van der Waals surface area contributed by atoms with Crippen molar-refractivity contribution in [2.75, 3.05) is 76.8 Å².